The molecule has 2 atom stereocenters. The van der Waals surface area contributed by atoms with Crippen molar-refractivity contribution in [2.45, 2.75) is 44.9 Å². The molecule has 0 fully saturated rings. The van der Waals surface area contributed by atoms with Crippen LogP contribution < -0.4 is 15.1 Å². The van der Waals surface area contributed by atoms with Gasteiger partial charge in [-0.25, -0.2) is 0 Å². The molecule has 3 aromatic carbocycles. The van der Waals surface area contributed by atoms with E-state index in [1.165, 1.54) is 10.4 Å². The van der Waals surface area contributed by atoms with Gasteiger partial charge in [0.1, 0.15) is 19.3 Å². The van der Waals surface area contributed by atoms with E-state index in [4.69, 9.17) is 32.8 Å². The van der Waals surface area contributed by atoms with Crippen molar-refractivity contribution in [3.8, 4) is 5.75 Å². The van der Waals surface area contributed by atoms with Gasteiger partial charge in [0.15, 0.2) is 0 Å². The number of rotatable bonds is 21. The minimum atomic E-state index is -2.76. The minimum Gasteiger partial charge on any atom is -0.497 e. The Bertz CT molecular complexity index is 1140. The van der Waals surface area contributed by atoms with Crippen LogP contribution in [-0.4, -0.2) is 68.7 Å². The maximum absolute atomic E-state index is 7.28. The number of methoxy groups -OCH3 is 2. The smallest absolute Gasteiger partial charge is 0.261 e. The molecular formula is C36H50O7Si. The molecule has 0 amide bonds. The maximum Gasteiger partial charge on any atom is 0.261 e. The average Bonchev–Trinajstić information content (AvgIpc) is 3.04. The molecule has 0 unspecified atom stereocenters. The van der Waals surface area contributed by atoms with Gasteiger partial charge in [-0.15, -0.1) is 6.58 Å². The van der Waals surface area contributed by atoms with E-state index in [-0.39, 0.29) is 30.6 Å². The maximum atomic E-state index is 7.28. The second-order valence-electron chi connectivity index (χ2n) is 11.7. The summed E-state index contributed by atoms with van der Waals surface area (Å²) in [6.07, 6.45) is 2.27. The molecule has 0 aliphatic heterocycles. The average molecular weight is 623 g/mol. The first-order chi connectivity index (χ1) is 21.4. The lowest BCUT2D eigenvalue weighted by Gasteiger charge is -2.44. The van der Waals surface area contributed by atoms with Crippen LogP contribution in [0.4, 0.5) is 0 Å². The lowest BCUT2D eigenvalue weighted by molar-refractivity contribution is -0.137. The molecule has 3 rings (SSSR count). The van der Waals surface area contributed by atoms with Crippen LogP contribution >= 0.6 is 0 Å². The van der Waals surface area contributed by atoms with Crippen LogP contribution in [0, 0.1) is 5.92 Å². The van der Waals surface area contributed by atoms with Crippen molar-refractivity contribution in [2.75, 3.05) is 54.2 Å². The molecule has 0 saturated heterocycles. The van der Waals surface area contributed by atoms with Crippen LogP contribution in [0.2, 0.25) is 5.04 Å². The minimum absolute atomic E-state index is 0.106. The Hall–Kier alpha value is -2.82. The molecule has 0 saturated carbocycles. The van der Waals surface area contributed by atoms with Crippen molar-refractivity contribution in [1.29, 1.82) is 0 Å². The van der Waals surface area contributed by atoms with E-state index in [0.29, 0.717) is 39.5 Å². The van der Waals surface area contributed by atoms with Crippen molar-refractivity contribution in [3.05, 3.63) is 103 Å². The summed E-state index contributed by atoms with van der Waals surface area (Å²) in [4.78, 5) is 0. The Morgan fingerprint density at radius 2 is 1.39 bits per heavy atom. The third-order valence-corrected chi connectivity index (χ3v) is 12.6. The van der Waals surface area contributed by atoms with Crippen LogP contribution in [0.25, 0.3) is 0 Å². The molecule has 7 nitrogen and oxygen atoms in total. The number of benzene rings is 3. The molecule has 0 bridgehead atoms. The lowest BCUT2D eigenvalue weighted by atomic mass is 10.0. The largest absolute Gasteiger partial charge is 0.497 e. The van der Waals surface area contributed by atoms with Crippen molar-refractivity contribution < 1.29 is 32.8 Å². The van der Waals surface area contributed by atoms with Gasteiger partial charge in [0, 0.05) is 19.6 Å². The number of hydrogen-bond acceptors (Lipinski definition) is 7. The summed E-state index contributed by atoms with van der Waals surface area (Å²) < 4.78 is 41.5. The van der Waals surface area contributed by atoms with Gasteiger partial charge in [-0.2, -0.15) is 0 Å². The summed E-state index contributed by atoms with van der Waals surface area (Å²) >= 11 is 0. The van der Waals surface area contributed by atoms with E-state index in [0.717, 1.165) is 11.3 Å². The van der Waals surface area contributed by atoms with E-state index in [1.807, 2.05) is 30.3 Å². The Kier molecular flexibility index (Phi) is 15.3. The van der Waals surface area contributed by atoms with Crippen LogP contribution in [0.1, 0.15) is 32.8 Å². The van der Waals surface area contributed by atoms with Gasteiger partial charge in [0.2, 0.25) is 0 Å². The monoisotopic (exact) mass is 622 g/mol. The highest BCUT2D eigenvalue weighted by molar-refractivity contribution is 6.99. The first kappa shape index (κ1) is 35.7. The Morgan fingerprint density at radius 1 is 0.750 bits per heavy atom. The quantitative estimate of drug-likeness (QED) is 0.0629. The molecule has 3 aromatic rings. The third-order valence-electron chi connectivity index (χ3n) is 7.58. The van der Waals surface area contributed by atoms with Crippen LogP contribution in [0.15, 0.2) is 97.6 Å². The predicted molar refractivity (Wildman–Crippen MR) is 178 cm³/mol. The van der Waals surface area contributed by atoms with Gasteiger partial charge < -0.3 is 32.8 Å². The van der Waals surface area contributed by atoms with Crippen molar-refractivity contribution in [2.24, 2.45) is 5.92 Å². The highest BCUT2D eigenvalue weighted by Gasteiger charge is 2.50. The van der Waals surface area contributed by atoms with Gasteiger partial charge in [-0.05, 0) is 39.5 Å². The van der Waals surface area contributed by atoms with Crippen LogP contribution in [0.5, 0.6) is 5.75 Å². The summed E-state index contributed by atoms with van der Waals surface area (Å²) in [6.45, 7) is 13.3. The fraction of sp³-hybridized carbons (Fsp3) is 0.444. The van der Waals surface area contributed by atoms with E-state index in [9.17, 15) is 0 Å². The van der Waals surface area contributed by atoms with Gasteiger partial charge in [-0.1, -0.05) is 99.6 Å². The Labute approximate surface area is 265 Å². The molecule has 0 aliphatic carbocycles. The van der Waals surface area contributed by atoms with E-state index < -0.39 is 8.32 Å². The van der Waals surface area contributed by atoms with E-state index >= 15 is 0 Å². The zero-order valence-electron chi connectivity index (χ0n) is 27.0. The predicted octanol–water partition coefficient (Wildman–Crippen LogP) is 5.96. The van der Waals surface area contributed by atoms with Crippen LogP contribution in [-0.2, 0) is 34.7 Å². The summed E-state index contributed by atoms with van der Waals surface area (Å²) in [5.74, 6) is 0.707. The molecule has 8 heteroatoms. The van der Waals surface area contributed by atoms with E-state index in [2.05, 4.69) is 88.0 Å². The molecule has 0 heterocycles. The zero-order valence-corrected chi connectivity index (χ0v) is 28.0. The first-order valence-corrected chi connectivity index (χ1v) is 17.1. The van der Waals surface area contributed by atoms with Crippen molar-refractivity contribution in [1.82, 2.24) is 0 Å². The topological polar surface area (TPSA) is 64.6 Å². The fourth-order valence-corrected chi connectivity index (χ4v) is 9.91. The molecule has 0 aliphatic rings. The molecule has 240 valence electrons. The highest BCUT2D eigenvalue weighted by Crippen LogP contribution is 2.37. The second-order valence-corrected chi connectivity index (χ2v) is 16.0. The lowest BCUT2D eigenvalue weighted by Crippen LogP contribution is -2.67. The normalized spacial score (nSPS) is 13.4. The van der Waals surface area contributed by atoms with E-state index in [1.54, 1.807) is 14.2 Å². The van der Waals surface area contributed by atoms with Gasteiger partial charge in [0.05, 0.1) is 39.6 Å². The molecule has 44 heavy (non-hydrogen) atoms. The molecule has 0 spiro atoms. The summed E-state index contributed by atoms with van der Waals surface area (Å²) in [7, 11) is 0.542. The number of hydrogen-bond donors (Lipinski definition) is 0. The molecule has 0 radical (unpaired) electrons. The Morgan fingerprint density at radius 3 is 1.93 bits per heavy atom. The summed E-state index contributed by atoms with van der Waals surface area (Å²) in [5, 5.41) is 2.30. The second kappa shape index (κ2) is 18.9. The first-order valence-electron chi connectivity index (χ1n) is 15.2. The summed E-state index contributed by atoms with van der Waals surface area (Å²) in [5.41, 5.74) is 1.04. The third kappa shape index (κ3) is 10.4. The standard InChI is InChI=1S/C36H50O7Si/c1-7-14-35(42-29-39-24-23-37-5)31(26-41-28-40-25-30-19-21-32(38-6)22-20-30)27-43-44(36(2,3)4,33-15-10-8-11-16-33)34-17-12-9-13-18-34/h7-13,15-22,31,35H,1,14,23-29H2,2-6H3/t31-,35-/m0/s1. The van der Waals surface area contributed by atoms with Crippen molar-refractivity contribution in [3.63, 3.8) is 0 Å². The van der Waals surface area contributed by atoms with Gasteiger partial charge in [0.25, 0.3) is 8.32 Å². The fourth-order valence-electron chi connectivity index (χ4n) is 5.29. The molecular weight excluding hydrogens is 572 g/mol. The summed E-state index contributed by atoms with van der Waals surface area (Å²) in [6, 6.07) is 29.1. The van der Waals surface area contributed by atoms with Crippen LogP contribution in [0.3, 0.4) is 0 Å². The van der Waals surface area contributed by atoms with Crippen molar-refractivity contribution >= 4 is 18.7 Å². The highest BCUT2D eigenvalue weighted by atomic mass is 28.4. The molecule has 0 aromatic heterocycles. The van der Waals surface area contributed by atoms with Gasteiger partial charge in [-0.3, -0.25) is 0 Å². The van der Waals surface area contributed by atoms with Gasteiger partial charge >= 0.3 is 0 Å². The SMILES string of the molecule is C=CC[C@H](OCOCCOC)[C@@H](COCOCc1ccc(OC)cc1)CO[Si](c1ccccc1)(c1ccccc1)C(C)(C)C. The Balaban J connectivity index is 1.80. The number of ether oxygens (including phenoxy) is 6. The zero-order chi connectivity index (χ0) is 31.7. The molecule has 0 N–H and O–H groups in total.